The molecule has 0 fully saturated rings. The number of anilines is 1. The number of rotatable bonds is 4. The van der Waals surface area contributed by atoms with Crippen LogP contribution in [0.5, 0.6) is 0 Å². The van der Waals surface area contributed by atoms with E-state index in [2.05, 4.69) is 53.6 Å². The molecule has 0 bridgehead atoms. The lowest BCUT2D eigenvalue weighted by molar-refractivity contribution is 0.646. The van der Waals surface area contributed by atoms with E-state index in [0.29, 0.717) is 0 Å². The lowest BCUT2D eigenvalue weighted by Crippen LogP contribution is -2.28. The Hall–Kier alpha value is -1.36. The van der Waals surface area contributed by atoms with E-state index in [0.717, 1.165) is 0 Å². The molecule has 1 aromatic carbocycles. The molecule has 0 radical (unpaired) electrons. The average molecular weight is 261 g/mol. The van der Waals surface area contributed by atoms with E-state index in [1.54, 1.807) is 11.3 Å². The number of nitrogens with two attached hydrogens (primary N) is 1. The lowest BCUT2D eigenvalue weighted by Gasteiger charge is -2.17. The van der Waals surface area contributed by atoms with Crippen molar-refractivity contribution in [3.05, 3.63) is 51.7 Å². The van der Waals surface area contributed by atoms with Crippen LogP contribution < -0.4 is 16.2 Å². The van der Waals surface area contributed by atoms with Crippen LogP contribution in [0.4, 0.5) is 5.69 Å². The van der Waals surface area contributed by atoms with Crippen LogP contribution >= 0.6 is 11.3 Å². The zero-order valence-corrected chi connectivity index (χ0v) is 11.8. The van der Waals surface area contributed by atoms with Gasteiger partial charge in [-0.3, -0.25) is 5.84 Å². The van der Waals surface area contributed by atoms with Gasteiger partial charge in [-0.1, -0.05) is 12.1 Å². The third-order valence-electron chi connectivity index (χ3n) is 2.96. The van der Waals surface area contributed by atoms with Gasteiger partial charge in [0.1, 0.15) is 0 Å². The summed E-state index contributed by atoms with van der Waals surface area (Å²) >= 11 is 1.77. The molecule has 0 saturated heterocycles. The molecule has 18 heavy (non-hydrogen) atoms. The van der Waals surface area contributed by atoms with Gasteiger partial charge in [-0.2, -0.15) is 0 Å². The summed E-state index contributed by atoms with van der Waals surface area (Å²) in [5.41, 5.74) is 5.27. The Morgan fingerprint density at radius 2 is 1.78 bits per heavy atom. The third-order valence-corrected chi connectivity index (χ3v) is 4.02. The maximum Gasteiger partial charge on any atom is 0.0802 e. The molecule has 1 atom stereocenters. The summed E-state index contributed by atoms with van der Waals surface area (Å²) in [7, 11) is 4.08. The smallest absolute Gasteiger partial charge is 0.0802 e. The van der Waals surface area contributed by atoms with Crippen LogP contribution in [0.2, 0.25) is 0 Å². The van der Waals surface area contributed by atoms with Gasteiger partial charge in [0, 0.05) is 29.5 Å². The molecule has 0 amide bonds. The van der Waals surface area contributed by atoms with Gasteiger partial charge in [0.05, 0.1) is 6.04 Å². The van der Waals surface area contributed by atoms with Crippen molar-refractivity contribution in [1.82, 2.24) is 5.43 Å². The van der Waals surface area contributed by atoms with Crippen LogP contribution in [-0.2, 0) is 0 Å². The second kappa shape index (κ2) is 5.52. The van der Waals surface area contributed by atoms with E-state index in [9.17, 15) is 0 Å². The van der Waals surface area contributed by atoms with E-state index in [-0.39, 0.29) is 6.04 Å². The largest absolute Gasteiger partial charge is 0.378 e. The highest BCUT2D eigenvalue weighted by Crippen LogP contribution is 2.28. The highest BCUT2D eigenvalue weighted by Gasteiger charge is 2.14. The monoisotopic (exact) mass is 261 g/mol. The van der Waals surface area contributed by atoms with Crippen LogP contribution in [0.25, 0.3) is 0 Å². The van der Waals surface area contributed by atoms with Crippen LogP contribution in [0.3, 0.4) is 0 Å². The highest BCUT2D eigenvalue weighted by molar-refractivity contribution is 7.12. The summed E-state index contributed by atoms with van der Waals surface area (Å²) in [6, 6.07) is 12.8. The SMILES string of the molecule is Cc1ccc(C(NN)c2ccc(N(C)C)cc2)s1. The zero-order chi connectivity index (χ0) is 13.1. The van der Waals surface area contributed by atoms with Crippen molar-refractivity contribution < 1.29 is 0 Å². The highest BCUT2D eigenvalue weighted by atomic mass is 32.1. The number of nitrogens with zero attached hydrogens (tertiary/aromatic N) is 1. The molecule has 3 N–H and O–H groups in total. The molecule has 0 spiro atoms. The van der Waals surface area contributed by atoms with Gasteiger partial charge >= 0.3 is 0 Å². The van der Waals surface area contributed by atoms with E-state index >= 15 is 0 Å². The minimum atomic E-state index is 0.0694. The van der Waals surface area contributed by atoms with Crippen molar-refractivity contribution in [3.8, 4) is 0 Å². The maximum absolute atomic E-state index is 5.69. The van der Waals surface area contributed by atoms with E-state index in [1.165, 1.54) is 21.0 Å². The van der Waals surface area contributed by atoms with Crippen LogP contribution in [-0.4, -0.2) is 14.1 Å². The van der Waals surface area contributed by atoms with Gasteiger partial charge in [-0.15, -0.1) is 11.3 Å². The first-order chi connectivity index (χ1) is 8.61. The molecule has 1 heterocycles. The summed E-state index contributed by atoms with van der Waals surface area (Å²) in [4.78, 5) is 4.63. The minimum absolute atomic E-state index is 0.0694. The Kier molecular flexibility index (Phi) is 4.01. The molecule has 2 aromatic rings. The first-order valence-corrected chi connectivity index (χ1v) is 6.73. The van der Waals surface area contributed by atoms with Crippen molar-refractivity contribution >= 4 is 17.0 Å². The number of benzene rings is 1. The number of hydrogen-bond donors (Lipinski definition) is 2. The number of nitrogens with one attached hydrogen (secondary N) is 1. The van der Waals surface area contributed by atoms with Crippen LogP contribution in [0.15, 0.2) is 36.4 Å². The van der Waals surface area contributed by atoms with Crippen molar-refractivity contribution in [2.45, 2.75) is 13.0 Å². The second-order valence-corrected chi connectivity index (χ2v) is 5.85. The molecule has 0 aliphatic carbocycles. The van der Waals surface area contributed by atoms with Gasteiger partial charge in [0.25, 0.3) is 0 Å². The first kappa shape index (κ1) is 13.1. The predicted molar refractivity (Wildman–Crippen MR) is 79.0 cm³/mol. The summed E-state index contributed by atoms with van der Waals surface area (Å²) in [6.45, 7) is 2.11. The van der Waals surface area contributed by atoms with Gasteiger partial charge in [-0.05, 0) is 36.8 Å². The lowest BCUT2D eigenvalue weighted by atomic mass is 10.1. The second-order valence-electron chi connectivity index (χ2n) is 4.53. The standard InChI is InChI=1S/C14H19N3S/c1-10-4-9-13(18-10)14(16-15)11-5-7-12(8-6-11)17(2)3/h4-9,14,16H,15H2,1-3H3. The van der Waals surface area contributed by atoms with Crippen LogP contribution in [0.1, 0.15) is 21.4 Å². The van der Waals surface area contributed by atoms with Crippen LogP contribution in [0, 0.1) is 6.92 Å². The van der Waals surface area contributed by atoms with E-state index in [1.807, 2.05) is 14.1 Å². The topological polar surface area (TPSA) is 41.3 Å². The molecule has 96 valence electrons. The van der Waals surface area contributed by atoms with E-state index < -0.39 is 0 Å². The fourth-order valence-corrected chi connectivity index (χ4v) is 2.88. The zero-order valence-electron chi connectivity index (χ0n) is 11.0. The molecule has 0 aliphatic heterocycles. The Balaban J connectivity index is 2.28. The molecular weight excluding hydrogens is 242 g/mol. The number of hydrogen-bond acceptors (Lipinski definition) is 4. The molecule has 2 rings (SSSR count). The van der Waals surface area contributed by atoms with Gasteiger partial charge < -0.3 is 4.90 Å². The predicted octanol–water partition coefficient (Wildman–Crippen LogP) is 2.68. The minimum Gasteiger partial charge on any atom is -0.378 e. The molecule has 1 aromatic heterocycles. The fraction of sp³-hybridized carbons (Fsp3) is 0.286. The Morgan fingerprint density at radius 1 is 1.11 bits per heavy atom. The van der Waals surface area contributed by atoms with Crippen molar-refractivity contribution in [2.75, 3.05) is 19.0 Å². The van der Waals surface area contributed by atoms with E-state index in [4.69, 9.17) is 5.84 Å². The van der Waals surface area contributed by atoms with Crippen molar-refractivity contribution in [1.29, 1.82) is 0 Å². The molecule has 1 unspecified atom stereocenters. The number of hydrazine groups is 1. The van der Waals surface area contributed by atoms with Gasteiger partial charge in [-0.25, -0.2) is 5.43 Å². The third kappa shape index (κ3) is 2.72. The number of thiophene rings is 1. The van der Waals surface area contributed by atoms with Crippen molar-refractivity contribution in [3.63, 3.8) is 0 Å². The molecule has 0 saturated carbocycles. The average Bonchev–Trinajstić information content (AvgIpc) is 2.77. The summed E-state index contributed by atoms with van der Waals surface area (Å²) < 4.78 is 0. The molecule has 0 aliphatic rings. The quantitative estimate of drug-likeness (QED) is 0.657. The van der Waals surface area contributed by atoms with Gasteiger partial charge in [0.15, 0.2) is 0 Å². The molecular formula is C14H19N3S. The molecule has 4 heteroatoms. The van der Waals surface area contributed by atoms with Crippen molar-refractivity contribution in [2.24, 2.45) is 5.84 Å². The normalized spacial score (nSPS) is 12.4. The Bertz CT molecular complexity index is 502. The summed E-state index contributed by atoms with van der Waals surface area (Å²) in [5.74, 6) is 5.69. The molecule has 3 nitrogen and oxygen atoms in total. The number of aryl methyl sites for hydroxylation is 1. The van der Waals surface area contributed by atoms with Gasteiger partial charge in [0.2, 0.25) is 0 Å². The Labute approximate surface area is 112 Å². The summed E-state index contributed by atoms with van der Waals surface area (Å²) in [6.07, 6.45) is 0. The Morgan fingerprint density at radius 3 is 2.22 bits per heavy atom. The maximum atomic E-state index is 5.69. The fourth-order valence-electron chi connectivity index (χ4n) is 1.92. The summed E-state index contributed by atoms with van der Waals surface area (Å²) in [5, 5.41) is 0. The first-order valence-electron chi connectivity index (χ1n) is 5.91.